The number of para-hydroxylation sites is 1. The number of hydrogen-bond donors (Lipinski definition) is 0. The molecule has 1 aliphatic heterocycles. The average molecular weight is 412 g/mol. The Kier molecular flexibility index (Phi) is 4.40. The zero-order valence-electron chi connectivity index (χ0n) is 18.4. The van der Waals surface area contributed by atoms with Crippen LogP contribution in [0.3, 0.4) is 0 Å². The van der Waals surface area contributed by atoms with Crippen molar-refractivity contribution in [3.8, 4) is 22.7 Å². The highest BCUT2D eigenvalue weighted by atomic mass is 28.3. The van der Waals surface area contributed by atoms with Gasteiger partial charge in [0.25, 0.3) is 0 Å². The van der Waals surface area contributed by atoms with E-state index >= 15 is 0 Å². The molecular formula is C27H29NOSi. The van der Waals surface area contributed by atoms with Gasteiger partial charge in [-0.25, -0.2) is 0 Å². The lowest BCUT2D eigenvalue weighted by Crippen LogP contribution is -2.60. The molecule has 3 heteroatoms. The zero-order chi connectivity index (χ0) is 21.0. The van der Waals surface area contributed by atoms with Crippen molar-refractivity contribution in [2.75, 3.05) is 7.11 Å². The van der Waals surface area contributed by atoms with Crippen LogP contribution >= 0.6 is 0 Å². The Labute approximate surface area is 180 Å². The van der Waals surface area contributed by atoms with Crippen molar-refractivity contribution in [3.05, 3.63) is 72.8 Å². The number of ether oxygens (including phenoxy) is 1. The van der Waals surface area contributed by atoms with Gasteiger partial charge >= 0.3 is 0 Å². The van der Waals surface area contributed by atoms with E-state index < -0.39 is 8.07 Å². The van der Waals surface area contributed by atoms with Crippen LogP contribution in [-0.2, 0) is 0 Å². The number of aromatic nitrogens is 1. The van der Waals surface area contributed by atoms with Crippen LogP contribution in [0.15, 0.2) is 72.8 Å². The smallest absolute Gasteiger partial charge is 0.127 e. The molecular weight excluding hydrogens is 382 g/mol. The van der Waals surface area contributed by atoms with Crippen molar-refractivity contribution in [1.82, 2.24) is 4.57 Å². The Bertz CT molecular complexity index is 1230. The number of fused-ring (bicyclic) bond motifs is 5. The molecule has 0 N–H and O–H groups in total. The Morgan fingerprint density at radius 2 is 1.40 bits per heavy atom. The first-order valence-corrected chi connectivity index (χ1v) is 13.1. The number of methoxy groups -OCH3 is 1. The molecule has 0 spiro atoms. The minimum atomic E-state index is -1.97. The Hall–Kier alpha value is -2.78. The third-order valence-electron chi connectivity index (χ3n) is 7.07. The van der Waals surface area contributed by atoms with E-state index in [1.165, 1.54) is 27.8 Å². The highest BCUT2D eigenvalue weighted by Crippen LogP contribution is 2.45. The summed E-state index contributed by atoms with van der Waals surface area (Å²) in [4.78, 5) is 0. The molecule has 30 heavy (non-hydrogen) atoms. The lowest BCUT2D eigenvalue weighted by atomic mass is 10.1. The number of nitrogens with zero attached hydrogens (tertiary/aromatic N) is 1. The van der Waals surface area contributed by atoms with E-state index in [9.17, 15) is 0 Å². The molecule has 0 amide bonds. The van der Waals surface area contributed by atoms with Gasteiger partial charge in [0.1, 0.15) is 13.8 Å². The molecule has 0 bridgehead atoms. The summed E-state index contributed by atoms with van der Waals surface area (Å²) >= 11 is 0. The van der Waals surface area contributed by atoms with E-state index in [4.69, 9.17) is 4.74 Å². The second-order valence-electron chi connectivity index (χ2n) is 9.00. The molecule has 152 valence electrons. The molecule has 0 fully saturated rings. The van der Waals surface area contributed by atoms with Crippen LogP contribution in [0.1, 0.15) is 27.7 Å². The minimum Gasteiger partial charge on any atom is -0.497 e. The third kappa shape index (κ3) is 2.36. The molecule has 5 rings (SSSR count). The molecule has 4 aromatic rings. The van der Waals surface area contributed by atoms with Crippen LogP contribution in [0.2, 0.25) is 11.1 Å². The lowest BCUT2D eigenvalue weighted by Gasteiger charge is -2.37. The Morgan fingerprint density at radius 1 is 0.767 bits per heavy atom. The number of benzene rings is 3. The summed E-state index contributed by atoms with van der Waals surface area (Å²) in [6, 6.07) is 26.6. The van der Waals surface area contributed by atoms with Crippen LogP contribution < -0.4 is 15.1 Å². The molecule has 0 atom stereocenters. The molecule has 2 nitrogen and oxygen atoms in total. The summed E-state index contributed by atoms with van der Waals surface area (Å²) in [6.45, 7) is 9.77. The van der Waals surface area contributed by atoms with Crippen molar-refractivity contribution in [2.24, 2.45) is 0 Å². The fourth-order valence-corrected chi connectivity index (χ4v) is 12.3. The predicted molar refractivity (Wildman–Crippen MR) is 130 cm³/mol. The first-order valence-electron chi connectivity index (χ1n) is 10.9. The predicted octanol–water partition coefficient (Wildman–Crippen LogP) is 6.00. The standard InChI is InChI=1S/C27H29NOSi/c1-18(2)30(19(3)4)25-13-9-7-11-23(25)26-27(30)22-10-6-8-12-24(22)28(26)20-14-16-21(29-5)17-15-20/h6-19H,1-5H3. The average Bonchev–Trinajstić information content (AvgIpc) is 3.25. The minimum absolute atomic E-state index is 0.620. The van der Waals surface area contributed by atoms with Gasteiger partial charge in [-0.15, -0.1) is 0 Å². The summed E-state index contributed by atoms with van der Waals surface area (Å²) in [5, 5.41) is 4.65. The Morgan fingerprint density at radius 3 is 2.07 bits per heavy atom. The van der Waals surface area contributed by atoms with Crippen LogP contribution in [0.4, 0.5) is 0 Å². The maximum atomic E-state index is 5.42. The molecule has 3 aromatic carbocycles. The molecule has 1 aromatic heterocycles. The Balaban J connectivity index is 1.96. The number of hydrogen-bond acceptors (Lipinski definition) is 1. The first kappa shape index (κ1) is 19.2. The fourth-order valence-electron chi connectivity index (χ4n) is 5.96. The summed E-state index contributed by atoms with van der Waals surface area (Å²) in [5.41, 5.74) is 6.57. The molecule has 0 saturated heterocycles. The third-order valence-corrected chi connectivity index (χ3v) is 13.4. The van der Waals surface area contributed by atoms with Crippen molar-refractivity contribution >= 4 is 29.4 Å². The maximum Gasteiger partial charge on any atom is 0.127 e. The molecule has 0 radical (unpaired) electrons. The number of rotatable bonds is 4. The molecule has 0 aliphatic carbocycles. The van der Waals surface area contributed by atoms with Gasteiger partial charge in [0.2, 0.25) is 0 Å². The molecule has 2 heterocycles. The van der Waals surface area contributed by atoms with Gasteiger partial charge in [0.15, 0.2) is 0 Å². The van der Waals surface area contributed by atoms with Gasteiger partial charge in [-0.1, -0.05) is 70.2 Å². The first-order chi connectivity index (χ1) is 14.5. The van der Waals surface area contributed by atoms with Gasteiger partial charge in [-0.2, -0.15) is 0 Å². The van der Waals surface area contributed by atoms with Crippen molar-refractivity contribution < 1.29 is 4.74 Å². The monoisotopic (exact) mass is 411 g/mol. The van der Waals surface area contributed by atoms with Gasteiger partial charge in [0, 0.05) is 11.1 Å². The highest BCUT2D eigenvalue weighted by Gasteiger charge is 2.52. The normalized spacial score (nSPS) is 14.4. The van der Waals surface area contributed by atoms with E-state index in [1.54, 1.807) is 17.5 Å². The van der Waals surface area contributed by atoms with Gasteiger partial charge in [0.05, 0.1) is 18.3 Å². The van der Waals surface area contributed by atoms with Gasteiger partial charge in [-0.05, 0) is 57.4 Å². The fraction of sp³-hybridized carbons (Fsp3) is 0.259. The molecule has 1 aliphatic rings. The summed E-state index contributed by atoms with van der Waals surface area (Å²) in [7, 11) is -0.247. The van der Waals surface area contributed by atoms with Crippen LogP contribution in [-0.4, -0.2) is 19.8 Å². The van der Waals surface area contributed by atoms with E-state index in [0.717, 1.165) is 5.75 Å². The van der Waals surface area contributed by atoms with Gasteiger partial charge < -0.3 is 9.30 Å². The summed E-state index contributed by atoms with van der Waals surface area (Å²) < 4.78 is 7.91. The van der Waals surface area contributed by atoms with Crippen molar-refractivity contribution in [3.63, 3.8) is 0 Å². The second-order valence-corrected chi connectivity index (χ2v) is 14.1. The summed E-state index contributed by atoms with van der Waals surface area (Å²) in [6.07, 6.45) is 0. The molecule has 0 saturated carbocycles. The lowest BCUT2D eigenvalue weighted by molar-refractivity contribution is 0.415. The quantitative estimate of drug-likeness (QED) is 0.376. The maximum absolute atomic E-state index is 5.42. The zero-order valence-corrected chi connectivity index (χ0v) is 19.4. The van der Waals surface area contributed by atoms with E-state index in [-0.39, 0.29) is 0 Å². The van der Waals surface area contributed by atoms with E-state index in [2.05, 4.69) is 105 Å². The van der Waals surface area contributed by atoms with E-state index in [0.29, 0.717) is 11.1 Å². The molecule has 0 unspecified atom stereocenters. The topological polar surface area (TPSA) is 14.2 Å². The van der Waals surface area contributed by atoms with Crippen LogP contribution in [0.5, 0.6) is 5.75 Å². The van der Waals surface area contributed by atoms with E-state index in [1.807, 2.05) is 0 Å². The van der Waals surface area contributed by atoms with Gasteiger partial charge in [-0.3, -0.25) is 0 Å². The van der Waals surface area contributed by atoms with Crippen LogP contribution in [0.25, 0.3) is 27.8 Å². The summed E-state index contributed by atoms with van der Waals surface area (Å²) in [5.74, 6) is 0.889. The SMILES string of the molecule is COc1ccc(-n2c3c(c4ccccc42)[Si](C(C)C)(C(C)C)c2ccccc2-3)cc1. The largest absolute Gasteiger partial charge is 0.497 e. The van der Waals surface area contributed by atoms with Crippen molar-refractivity contribution in [1.29, 1.82) is 0 Å². The van der Waals surface area contributed by atoms with Crippen LogP contribution in [0, 0.1) is 0 Å². The van der Waals surface area contributed by atoms with Crippen molar-refractivity contribution in [2.45, 2.75) is 38.8 Å². The highest BCUT2D eigenvalue weighted by molar-refractivity contribution is 7.08. The second kappa shape index (κ2) is 6.88.